The molecule has 0 radical (unpaired) electrons. The van der Waals surface area contributed by atoms with Crippen LogP contribution in [-0.2, 0) is 13.0 Å². The fourth-order valence-electron chi connectivity index (χ4n) is 1.73. The number of aromatic hydroxyl groups is 1. The molecule has 0 fully saturated rings. The molecular weight excluding hydrogens is 174 g/mol. The maximum absolute atomic E-state index is 9.47. The largest absolute Gasteiger partial charge is 0.508 e. The molecule has 0 aliphatic heterocycles. The molecule has 1 aromatic rings. The molecule has 0 atom stereocenters. The molecule has 0 aliphatic rings. The third-order valence-electron chi connectivity index (χ3n) is 2.41. The van der Waals surface area contributed by atoms with Crippen molar-refractivity contribution in [2.24, 2.45) is 0 Å². The first-order valence-corrected chi connectivity index (χ1v) is 5.00. The highest BCUT2D eigenvalue weighted by Crippen LogP contribution is 2.22. The number of hydrogen-bond acceptors (Lipinski definition) is 2. The normalized spacial score (nSPS) is 10.9. The molecule has 0 unspecified atom stereocenters. The predicted molar refractivity (Wildman–Crippen MR) is 59.6 cm³/mol. The van der Waals surface area contributed by atoms with E-state index in [0.717, 1.165) is 13.0 Å². The molecule has 0 saturated heterocycles. The number of aryl methyl sites for hydroxylation is 2. The fourth-order valence-corrected chi connectivity index (χ4v) is 1.73. The van der Waals surface area contributed by atoms with Crippen molar-refractivity contribution in [3.63, 3.8) is 0 Å². The summed E-state index contributed by atoms with van der Waals surface area (Å²) in [7, 11) is 4.12. The first kappa shape index (κ1) is 11.1. The van der Waals surface area contributed by atoms with Crippen molar-refractivity contribution >= 4 is 0 Å². The lowest BCUT2D eigenvalue weighted by Crippen LogP contribution is -2.13. The van der Waals surface area contributed by atoms with Crippen molar-refractivity contribution in [3.05, 3.63) is 28.8 Å². The Bertz CT molecular complexity index is 318. The van der Waals surface area contributed by atoms with Gasteiger partial charge >= 0.3 is 0 Å². The van der Waals surface area contributed by atoms with Crippen molar-refractivity contribution in [1.82, 2.24) is 4.90 Å². The summed E-state index contributed by atoms with van der Waals surface area (Å²) in [6.45, 7) is 5.11. The molecule has 0 heterocycles. The monoisotopic (exact) mass is 193 g/mol. The topological polar surface area (TPSA) is 23.5 Å². The Morgan fingerprint density at radius 1 is 1.29 bits per heavy atom. The number of phenolic OH excluding ortho intramolecular Hbond substituents is 1. The lowest BCUT2D eigenvalue weighted by atomic mass is 9.99. The second-order valence-electron chi connectivity index (χ2n) is 3.99. The summed E-state index contributed by atoms with van der Waals surface area (Å²) in [6, 6.07) is 3.70. The van der Waals surface area contributed by atoms with Gasteiger partial charge in [-0.05, 0) is 56.3 Å². The van der Waals surface area contributed by atoms with Gasteiger partial charge in [0, 0.05) is 6.54 Å². The van der Waals surface area contributed by atoms with Crippen molar-refractivity contribution in [2.75, 3.05) is 14.1 Å². The van der Waals surface area contributed by atoms with E-state index in [1.807, 2.05) is 12.1 Å². The fraction of sp³-hybridized carbons (Fsp3) is 0.500. The van der Waals surface area contributed by atoms with Gasteiger partial charge in [0.25, 0.3) is 0 Å². The molecule has 1 rings (SSSR count). The minimum atomic E-state index is 0.377. The predicted octanol–water partition coefficient (Wildman–Crippen LogP) is 2.32. The van der Waals surface area contributed by atoms with E-state index in [1.165, 1.54) is 16.7 Å². The van der Waals surface area contributed by atoms with Crippen LogP contribution in [0.25, 0.3) is 0 Å². The Hall–Kier alpha value is -1.02. The SMILES string of the molecule is CCc1cc(O)cc(C)c1CN(C)C. The molecule has 0 aromatic heterocycles. The third-order valence-corrected chi connectivity index (χ3v) is 2.41. The van der Waals surface area contributed by atoms with Gasteiger partial charge in [-0.2, -0.15) is 0 Å². The zero-order chi connectivity index (χ0) is 10.7. The lowest BCUT2D eigenvalue weighted by molar-refractivity contribution is 0.399. The van der Waals surface area contributed by atoms with Crippen molar-refractivity contribution in [2.45, 2.75) is 26.8 Å². The standard InChI is InChI=1S/C12H19NO/c1-5-10-7-11(14)6-9(2)12(10)8-13(3)4/h6-7,14H,5,8H2,1-4H3. The van der Waals surface area contributed by atoms with Gasteiger partial charge in [-0.1, -0.05) is 6.92 Å². The maximum atomic E-state index is 9.47. The van der Waals surface area contributed by atoms with Crippen LogP contribution in [0.5, 0.6) is 5.75 Å². The highest BCUT2D eigenvalue weighted by atomic mass is 16.3. The van der Waals surface area contributed by atoms with Crippen molar-refractivity contribution in [3.8, 4) is 5.75 Å². The smallest absolute Gasteiger partial charge is 0.116 e. The van der Waals surface area contributed by atoms with Crippen LogP contribution in [0.2, 0.25) is 0 Å². The van der Waals surface area contributed by atoms with Gasteiger partial charge in [0.2, 0.25) is 0 Å². The van der Waals surface area contributed by atoms with Crippen LogP contribution in [0, 0.1) is 6.92 Å². The van der Waals surface area contributed by atoms with E-state index >= 15 is 0 Å². The molecule has 2 nitrogen and oxygen atoms in total. The molecule has 0 spiro atoms. The molecule has 0 saturated carbocycles. The first-order chi connectivity index (χ1) is 6.54. The molecule has 2 heteroatoms. The van der Waals surface area contributed by atoms with Crippen LogP contribution in [0.3, 0.4) is 0 Å². The summed E-state index contributed by atoms with van der Waals surface area (Å²) < 4.78 is 0. The van der Waals surface area contributed by atoms with Crippen LogP contribution in [-0.4, -0.2) is 24.1 Å². The average Bonchev–Trinajstić information content (AvgIpc) is 2.08. The zero-order valence-electron chi connectivity index (χ0n) is 9.46. The summed E-state index contributed by atoms with van der Waals surface area (Å²) in [4.78, 5) is 2.15. The van der Waals surface area contributed by atoms with Gasteiger partial charge in [0.05, 0.1) is 0 Å². The summed E-state index contributed by atoms with van der Waals surface area (Å²) in [6.07, 6.45) is 0.971. The molecule has 1 aromatic carbocycles. The van der Waals surface area contributed by atoms with Gasteiger partial charge in [-0.3, -0.25) is 0 Å². The lowest BCUT2D eigenvalue weighted by Gasteiger charge is -2.16. The van der Waals surface area contributed by atoms with Gasteiger partial charge < -0.3 is 10.0 Å². The minimum absolute atomic E-state index is 0.377. The number of nitrogens with zero attached hydrogens (tertiary/aromatic N) is 1. The van der Waals surface area contributed by atoms with E-state index in [9.17, 15) is 5.11 Å². The van der Waals surface area contributed by atoms with Gasteiger partial charge in [-0.15, -0.1) is 0 Å². The Balaban J connectivity index is 3.11. The molecular formula is C12H19NO. The summed E-state index contributed by atoms with van der Waals surface area (Å²) in [5.74, 6) is 0.377. The quantitative estimate of drug-likeness (QED) is 0.796. The van der Waals surface area contributed by atoms with Crippen LogP contribution < -0.4 is 0 Å². The maximum Gasteiger partial charge on any atom is 0.116 e. The Labute approximate surface area is 86.2 Å². The minimum Gasteiger partial charge on any atom is -0.508 e. The van der Waals surface area contributed by atoms with Crippen LogP contribution in [0.4, 0.5) is 0 Å². The van der Waals surface area contributed by atoms with Crippen LogP contribution in [0.1, 0.15) is 23.6 Å². The van der Waals surface area contributed by atoms with Gasteiger partial charge in [0.15, 0.2) is 0 Å². The summed E-state index contributed by atoms with van der Waals surface area (Å²) >= 11 is 0. The van der Waals surface area contributed by atoms with E-state index in [1.54, 1.807) is 0 Å². The molecule has 1 N–H and O–H groups in total. The average molecular weight is 193 g/mol. The molecule has 14 heavy (non-hydrogen) atoms. The van der Waals surface area contributed by atoms with Crippen LogP contribution >= 0.6 is 0 Å². The van der Waals surface area contributed by atoms with Gasteiger partial charge in [-0.25, -0.2) is 0 Å². The molecule has 0 amide bonds. The number of rotatable bonds is 3. The molecule has 0 bridgehead atoms. The first-order valence-electron chi connectivity index (χ1n) is 5.00. The highest BCUT2D eigenvalue weighted by molar-refractivity contribution is 5.41. The summed E-state index contributed by atoms with van der Waals surface area (Å²) in [5.41, 5.74) is 3.77. The van der Waals surface area contributed by atoms with E-state index in [-0.39, 0.29) is 0 Å². The van der Waals surface area contributed by atoms with E-state index in [0.29, 0.717) is 5.75 Å². The highest BCUT2D eigenvalue weighted by Gasteiger charge is 2.07. The number of phenols is 1. The Kier molecular flexibility index (Phi) is 3.53. The van der Waals surface area contributed by atoms with E-state index in [4.69, 9.17) is 0 Å². The molecule has 78 valence electrons. The summed E-state index contributed by atoms with van der Waals surface area (Å²) in [5, 5.41) is 9.47. The van der Waals surface area contributed by atoms with Gasteiger partial charge in [0.1, 0.15) is 5.75 Å². The third kappa shape index (κ3) is 2.48. The van der Waals surface area contributed by atoms with E-state index in [2.05, 4.69) is 32.8 Å². The second kappa shape index (κ2) is 4.47. The van der Waals surface area contributed by atoms with E-state index < -0.39 is 0 Å². The molecule has 0 aliphatic carbocycles. The zero-order valence-corrected chi connectivity index (χ0v) is 9.46. The Morgan fingerprint density at radius 3 is 2.43 bits per heavy atom. The second-order valence-corrected chi connectivity index (χ2v) is 3.99. The van der Waals surface area contributed by atoms with Crippen LogP contribution in [0.15, 0.2) is 12.1 Å². The van der Waals surface area contributed by atoms with Crippen molar-refractivity contribution < 1.29 is 5.11 Å². The Morgan fingerprint density at radius 2 is 1.93 bits per heavy atom. The number of benzene rings is 1. The number of hydrogen-bond donors (Lipinski definition) is 1. The van der Waals surface area contributed by atoms with Crippen molar-refractivity contribution in [1.29, 1.82) is 0 Å².